The maximum absolute atomic E-state index is 9.19. The summed E-state index contributed by atoms with van der Waals surface area (Å²) in [6.07, 6.45) is 0.284. The molecule has 0 aromatic carbocycles. The van der Waals surface area contributed by atoms with E-state index in [1.807, 2.05) is 20.8 Å². The molecule has 92 valence electrons. The van der Waals surface area contributed by atoms with E-state index in [-0.39, 0.29) is 18.4 Å². The second-order valence-corrected chi connectivity index (χ2v) is 3.73. The molecule has 0 radical (unpaired) electrons. The van der Waals surface area contributed by atoms with Crippen molar-refractivity contribution >= 4 is 0 Å². The molecule has 0 fully saturated rings. The molecule has 0 aromatic heterocycles. The zero-order chi connectivity index (χ0) is 11.7. The quantitative estimate of drug-likeness (QED) is 0.571. The van der Waals surface area contributed by atoms with Gasteiger partial charge >= 0.3 is 0 Å². The third-order valence-corrected chi connectivity index (χ3v) is 2.03. The van der Waals surface area contributed by atoms with Crippen LogP contribution in [0.25, 0.3) is 0 Å². The first-order valence-corrected chi connectivity index (χ1v) is 5.74. The van der Waals surface area contributed by atoms with Crippen molar-refractivity contribution in [1.29, 1.82) is 0 Å². The summed E-state index contributed by atoms with van der Waals surface area (Å²) in [6, 6.07) is 0.272. The van der Waals surface area contributed by atoms with Crippen molar-refractivity contribution in [2.45, 2.75) is 52.6 Å². The molecule has 2 atom stereocenters. The van der Waals surface area contributed by atoms with Crippen LogP contribution in [0.15, 0.2) is 0 Å². The number of ether oxygens (including phenoxy) is 2. The van der Waals surface area contributed by atoms with Crippen LogP contribution in [0.2, 0.25) is 0 Å². The molecule has 0 aliphatic carbocycles. The molecule has 0 bridgehead atoms. The van der Waals surface area contributed by atoms with E-state index in [4.69, 9.17) is 9.47 Å². The Bertz CT molecular complexity index is 136. The third-order valence-electron chi connectivity index (χ3n) is 2.03. The van der Waals surface area contributed by atoms with Gasteiger partial charge in [-0.15, -0.1) is 0 Å². The Kier molecular flexibility index (Phi) is 9.00. The standard InChI is InChI=1S/C11H25NO3/c1-5-14-11(15-6-2)8-12-9(3)7-10(4)13/h9-13H,5-8H2,1-4H3. The van der Waals surface area contributed by atoms with Gasteiger partial charge in [0.25, 0.3) is 0 Å². The Morgan fingerprint density at radius 2 is 1.67 bits per heavy atom. The normalized spacial score (nSPS) is 15.6. The van der Waals surface area contributed by atoms with Crippen molar-refractivity contribution < 1.29 is 14.6 Å². The minimum atomic E-state index is -0.273. The Labute approximate surface area is 93.0 Å². The first-order valence-electron chi connectivity index (χ1n) is 5.74. The summed E-state index contributed by atoms with van der Waals surface area (Å²) >= 11 is 0. The summed E-state index contributed by atoms with van der Waals surface area (Å²) in [5, 5.41) is 12.5. The topological polar surface area (TPSA) is 50.7 Å². The lowest BCUT2D eigenvalue weighted by molar-refractivity contribution is -0.133. The summed E-state index contributed by atoms with van der Waals surface area (Å²) in [5.41, 5.74) is 0. The van der Waals surface area contributed by atoms with Gasteiger partial charge in [0.2, 0.25) is 0 Å². The first-order chi connectivity index (χ1) is 7.10. The summed E-state index contributed by atoms with van der Waals surface area (Å²) in [6.45, 7) is 9.70. The van der Waals surface area contributed by atoms with E-state index < -0.39 is 0 Å². The fraction of sp³-hybridized carbons (Fsp3) is 1.00. The van der Waals surface area contributed by atoms with E-state index in [1.54, 1.807) is 6.92 Å². The van der Waals surface area contributed by atoms with Gasteiger partial charge in [0, 0.05) is 25.8 Å². The molecule has 0 aromatic rings. The Balaban J connectivity index is 3.67. The predicted octanol–water partition coefficient (Wildman–Crippen LogP) is 1.13. The molecule has 0 aliphatic heterocycles. The van der Waals surface area contributed by atoms with E-state index in [9.17, 15) is 5.11 Å². The molecule has 4 heteroatoms. The molecule has 0 saturated heterocycles. The van der Waals surface area contributed by atoms with Gasteiger partial charge in [-0.1, -0.05) is 0 Å². The zero-order valence-corrected chi connectivity index (χ0v) is 10.3. The van der Waals surface area contributed by atoms with Crippen molar-refractivity contribution in [1.82, 2.24) is 5.32 Å². The maximum atomic E-state index is 9.19. The van der Waals surface area contributed by atoms with E-state index in [0.29, 0.717) is 19.8 Å². The molecule has 0 rings (SSSR count). The Hall–Kier alpha value is -0.160. The molecule has 0 amide bonds. The molecule has 0 saturated carbocycles. The van der Waals surface area contributed by atoms with Crippen molar-refractivity contribution in [2.24, 2.45) is 0 Å². The molecule has 0 aliphatic rings. The third kappa shape index (κ3) is 8.81. The predicted molar refractivity (Wildman–Crippen MR) is 60.8 cm³/mol. The maximum Gasteiger partial charge on any atom is 0.169 e. The van der Waals surface area contributed by atoms with Gasteiger partial charge < -0.3 is 19.9 Å². The lowest BCUT2D eigenvalue weighted by Crippen LogP contribution is -2.38. The highest BCUT2D eigenvalue weighted by Gasteiger charge is 2.10. The van der Waals surface area contributed by atoms with Crippen LogP contribution in [-0.4, -0.2) is 43.3 Å². The summed E-state index contributed by atoms with van der Waals surface area (Å²) in [5.74, 6) is 0. The molecular weight excluding hydrogens is 194 g/mol. The van der Waals surface area contributed by atoms with Gasteiger partial charge in [0.05, 0.1) is 6.10 Å². The molecule has 0 heterocycles. The summed E-state index contributed by atoms with van der Waals surface area (Å²) in [4.78, 5) is 0. The lowest BCUT2D eigenvalue weighted by atomic mass is 10.1. The molecule has 15 heavy (non-hydrogen) atoms. The second kappa shape index (κ2) is 9.09. The van der Waals surface area contributed by atoms with Gasteiger partial charge in [-0.3, -0.25) is 0 Å². The smallest absolute Gasteiger partial charge is 0.169 e. The molecule has 2 N–H and O–H groups in total. The highest BCUT2D eigenvalue weighted by Crippen LogP contribution is 1.99. The number of hydrogen-bond acceptors (Lipinski definition) is 4. The van der Waals surface area contributed by atoms with E-state index >= 15 is 0 Å². The Morgan fingerprint density at radius 1 is 1.13 bits per heavy atom. The van der Waals surface area contributed by atoms with Crippen molar-refractivity contribution in [3.8, 4) is 0 Å². The number of aliphatic hydroxyl groups is 1. The SMILES string of the molecule is CCOC(CNC(C)CC(C)O)OCC. The van der Waals surface area contributed by atoms with Crippen molar-refractivity contribution in [3.63, 3.8) is 0 Å². The monoisotopic (exact) mass is 219 g/mol. The highest BCUT2D eigenvalue weighted by molar-refractivity contribution is 4.64. The van der Waals surface area contributed by atoms with Gasteiger partial charge in [-0.25, -0.2) is 0 Å². The molecule has 4 nitrogen and oxygen atoms in total. The van der Waals surface area contributed by atoms with Crippen LogP contribution >= 0.6 is 0 Å². The van der Waals surface area contributed by atoms with Gasteiger partial charge in [0.15, 0.2) is 6.29 Å². The van der Waals surface area contributed by atoms with E-state index in [2.05, 4.69) is 5.32 Å². The Morgan fingerprint density at radius 3 is 2.07 bits per heavy atom. The fourth-order valence-electron chi connectivity index (χ4n) is 1.43. The second-order valence-electron chi connectivity index (χ2n) is 3.73. The van der Waals surface area contributed by atoms with Crippen LogP contribution in [-0.2, 0) is 9.47 Å². The van der Waals surface area contributed by atoms with Crippen LogP contribution in [0.4, 0.5) is 0 Å². The average Bonchev–Trinajstić information content (AvgIpc) is 2.14. The van der Waals surface area contributed by atoms with E-state index in [1.165, 1.54) is 0 Å². The van der Waals surface area contributed by atoms with Crippen LogP contribution < -0.4 is 5.32 Å². The van der Waals surface area contributed by atoms with Gasteiger partial charge in [-0.05, 0) is 34.1 Å². The fourth-order valence-corrected chi connectivity index (χ4v) is 1.43. The molecular formula is C11H25NO3. The average molecular weight is 219 g/mol. The van der Waals surface area contributed by atoms with Crippen LogP contribution in [0.5, 0.6) is 0 Å². The number of nitrogens with one attached hydrogen (secondary N) is 1. The molecule has 0 spiro atoms. The van der Waals surface area contributed by atoms with Gasteiger partial charge in [0.1, 0.15) is 0 Å². The molecule has 2 unspecified atom stereocenters. The number of aliphatic hydroxyl groups excluding tert-OH is 1. The largest absolute Gasteiger partial charge is 0.393 e. The van der Waals surface area contributed by atoms with Crippen LogP contribution in [0.3, 0.4) is 0 Å². The van der Waals surface area contributed by atoms with Gasteiger partial charge in [-0.2, -0.15) is 0 Å². The minimum absolute atomic E-state index is 0.184. The van der Waals surface area contributed by atoms with Crippen LogP contribution in [0.1, 0.15) is 34.1 Å². The minimum Gasteiger partial charge on any atom is -0.393 e. The summed E-state index contributed by atoms with van der Waals surface area (Å²) in [7, 11) is 0. The van der Waals surface area contributed by atoms with Crippen LogP contribution in [0, 0.1) is 0 Å². The number of rotatable bonds is 9. The number of hydrogen-bond donors (Lipinski definition) is 2. The highest BCUT2D eigenvalue weighted by atomic mass is 16.7. The van der Waals surface area contributed by atoms with E-state index in [0.717, 1.165) is 6.42 Å². The summed E-state index contributed by atoms with van der Waals surface area (Å²) < 4.78 is 10.8. The lowest BCUT2D eigenvalue weighted by Gasteiger charge is -2.21. The first kappa shape index (κ1) is 14.8. The van der Waals surface area contributed by atoms with Crippen molar-refractivity contribution in [3.05, 3.63) is 0 Å². The zero-order valence-electron chi connectivity index (χ0n) is 10.3. The van der Waals surface area contributed by atoms with Crippen molar-refractivity contribution in [2.75, 3.05) is 19.8 Å².